The van der Waals surface area contributed by atoms with E-state index >= 15 is 0 Å². The van der Waals surface area contributed by atoms with E-state index in [1.807, 2.05) is 49.3 Å². The molecule has 12 heteroatoms. The number of fused-ring (bicyclic) bond motifs is 1. The van der Waals surface area contributed by atoms with Crippen molar-refractivity contribution in [3.63, 3.8) is 0 Å². The standard InChI is InChI=1S/C28H28ClF3N6O2/c1-36(2)24-14-20(11-12-33-24)38-23-6-4-3-5-22(23)37(27(38)40)16-17-7-9-19(10-8-17)35-26(39)21-13-18(29)15-34-25(21)28(30,31)32/h3-6,11-15,17,19H,7-10,16H2,1-2H3,(H,35,39)/t17-,19-. The molecule has 5 rings (SSSR count). The van der Waals surface area contributed by atoms with Crippen LogP contribution < -0.4 is 15.9 Å². The quantitative estimate of drug-likeness (QED) is 0.338. The van der Waals surface area contributed by atoms with Crippen molar-refractivity contribution in [2.45, 2.75) is 44.4 Å². The van der Waals surface area contributed by atoms with E-state index in [1.165, 1.54) is 0 Å². The van der Waals surface area contributed by atoms with Crippen LogP contribution >= 0.6 is 11.6 Å². The predicted octanol–water partition coefficient (Wildman–Crippen LogP) is 5.31. The van der Waals surface area contributed by atoms with Crippen molar-refractivity contribution in [1.29, 1.82) is 0 Å². The number of para-hydroxylation sites is 2. The SMILES string of the molecule is CN(C)c1cc(-n2c(=O)n(C[C@H]3CC[C@H](NC(=O)c4cc(Cl)cnc4C(F)(F)F)CC3)c3ccccc32)ccn1. The zero-order valence-electron chi connectivity index (χ0n) is 22.0. The summed E-state index contributed by atoms with van der Waals surface area (Å²) in [5, 5.41) is 2.67. The van der Waals surface area contributed by atoms with Crippen LogP contribution in [0.4, 0.5) is 19.0 Å². The first-order valence-electron chi connectivity index (χ1n) is 12.9. The number of nitrogens with one attached hydrogen (secondary N) is 1. The Morgan fingerprint density at radius 2 is 1.77 bits per heavy atom. The number of nitrogens with zero attached hydrogens (tertiary/aromatic N) is 5. The second kappa shape index (κ2) is 11.0. The lowest BCUT2D eigenvalue weighted by atomic mass is 9.85. The normalized spacial score (nSPS) is 17.6. The Labute approximate surface area is 233 Å². The molecule has 0 bridgehead atoms. The topological polar surface area (TPSA) is 85.0 Å². The number of pyridine rings is 2. The monoisotopic (exact) mass is 572 g/mol. The van der Waals surface area contributed by atoms with Gasteiger partial charge in [0, 0.05) is 45.1 Å². The Morgan fingerprint density at radius 3 is 2.45 bits per heavy atom. The van der Waals surface area contributed by atoms with Crippen LogP contribution in [0.3, 0.4) is 0 Å². The minimum Gasteiger partial charge on any atom is -0.363 e. The molecule has 0 atom stereocenters. The summed E-state index contributed by atoms with van der Waals surface area (Å²) >= 11 is 5.82. The number of alkyl halides is 3. The van der Waals surface area contributed by atoms with Gasteiger partial charge in [-0.1, -0.05) is 23.7 Å². The minimum absolute atomic E-state index is 0.0452. The van der Waals surface area contributed by atoms with E-state index in [-0.39, 0.29) is 22.7 Å². The molecule has 1 amide bonds. The van der Waals surface area contributed by atoms with E-state index in [0.717, 1.165) is 34.8 Å². The third-order valence-electron chi connectivity index (χ3n) is 7.27. The van der Waals surface area contributed by atoms with Crippen LogP contribution in [0.25, 0.3) is 16.7 Å². The molecule has 3 heterocycles. The Bertz CT molecular complexity index is 1610. The molecule has 1 fully saturated rings. The first kappa shape index (κ1) is 27.7. The fraction of sp³-hybridized carbons (Fsp3) is 0.357. The second-order valence-corrected chi connectivity index (χ2v) is 10.7. The van der Waals surface area contributed by atoms with Crippen molar-refractivity contribution < 1.29 is 18.0 Å². The Kier molecular flexibility index (Phi) is 7.59. The number of amides is 1. The Hall–Kier alpha value is -3.86. The highest BCUT2D eigenvalue weighted by Gasteiger charge is 2.38. The molecule has 1 aliphatic carbocycles. The molecule has 40 heavy (non-hydrogen) atoms. The molecule has 0 aliphatic heterocycles. The first-order chi connectivity index (χ1) is 19.0. The number of carbonyl (C=O) groups excluding carboxylic acids is 1. The molecule has 4 aromatic rings. The van der Waals surface area contributed by atoms with Crippen LogP contribution in [0.5, 0.6) is 0 Å². The van der Waals surface area contributed by atoms with Crippen molar-refractivity contribution in [1.82, 2.24) is 24.4 Å². The van der Waals surface area contributed by atoms with E-state index in [9.17, 15) is 22.8 Å². The van der Waals surface area contributed by atoms with E-state index in [4.69, 9.17) is 11.6 Å². The summed E-state index contributed by atoms with van der Waals surface area (Å²) in [7, 11) is 3.77. The van der Waals surface area contributed by atoms with Crippen LogP contribution in [0, 0.1) is 5.92 Å². The van der Waals surface area contributed by atoms with Gasteiger partial charge in [-0.15, -0.1) is 0 Å². The molecular formula is C28H28ClF3N6O2. The molecule has 1 N–H and O–H groups in total. The summed E-state index contributed by atoms with van der Waals surface area (Å²) in [5.41, 5.74) is 0.333. The lowest BCUT2D eigenvalue weighted by Crippen LogP contribution is -2.39. The number of benzene rings is 1. The smallest absolute Gasteiger partial charge is 0.363 e. The summed E-state index contributed by atoms with van der Waals surface area (Å²) in [6, 6.07) is 12.0. The second-order valence-electron chi connectivity index (χ2n) is 10.2. The fourth-order valence-corrected chi connectivity index (χ4v) is 5.43. The number of hydrogen-bond donors (Lipinski definition) is 1. The zero-order valence-corrected chi connectivity index (χ0v) is 22.7. The molecule has 1 aliphatic rings. The summed E-state index contributed by atoms with van der Waals surface area (Å²) in [6.45, 7) is 0.495. The number of rotatable bonds is 6. The highest BCUT2D eigenvalue weighted by molar-refractivity contribution is 6.30. The molecule has 8 nitrogen and oxygen atoms in total. The first-order valence-corrected chi connectivity index (χ1v) is 13.3. The van der Waals surface area contributed by atoms with Crippen LogP contribution in [-0.4, -0.2) is 45.1 Å². The van der Waals surface area contributed by atoms with Gasteiger partial charge in [0.2, 0.25) is 0 Å². The van der Waals surface area contributed by atoms with Crippen molar-refractivity contribution in [3.05, 3.63) is 81.6 Å². The maximum atomic E-state index is 13.7. The number of imidazole rings is 1. The van der Waals surface area contributed by atoms with E-state index in [1.54, 1.807) is 21.4 Å². The van der Waals surface area contributed by atoms with Gasteiger partial charge in [-0.2, -0.15) is 13.2 Å². The van der Waals surface area contributed by atoms with Gasteiger partial charge in [-0.25, -0.2) is 14.8 Å². The maximum absolute atomic E-state index is 13.7. The van der Waals surface area contributed by atoms with Gasteiger partial charge in [0.1, 0.15) is 5.82 Å². The van der Waals surface area contributed by atoms with Gasteiger partial charge in [-0.05, 0) is 55.9 Å². The predicted molar refractivity (Wildman–Crippen MR) is 147 cm³/mol. The number of hydrogen-bond acceptors (Lipinski definition) is 5. The molecular weight excluding hydrogens is 545 g/mol. The number of aromatic nitrogens is 4. The fourth-order valence-electron chi connectivity index (χ4n) is 5.27. The van der Waals surface area contributed by atoms with Gasteiger partial charge in [0.05, 0.1) is 27.3 Å². The molecule has 3 aromatic heterocycles. The Balaban J connectivity index is 1.32. The van der Waals surface area contributed by atoms with E-state index in [0.29, 0.717) is 32.2 Å². The van der Waals surface area contributed by atoms with Crippen LogP contribution in [-0.2, 0) is 12.7 Å². The maximum Gasteiger partial charge on any atom is 0.434 e. The molecule has 1 saturated carbocycles. The van der Waals surface area contributed by atoms with Crippen molar-refractivity contribution in [3.8, 4) is 5.69 Å². The van der Waals surface area contributed by atoms with Crippen LogP contribution in [0.2, 0.25) is 5.02 Å². The van der Waals surface area contributed by atoms with Gasteiger partial charge in [0.15, 0.2) is 5.69 Å². The van der Waals surface area contributed by atoms with Crippen molar-refractivity contribution >= 4 is 34.4 Å². The van der Waals surface area contributed by atoms with E-state index < -0.39 is 23.3 Å². The van der Waals surface area contributed by atoms with Crippen molar-refractivity contribution in [2.75, 3.05) is 19.0 Å². The third-order valence-corrected chi connectivity index (χ3v) is 7.48. The lowest BCUT2D eigenvalue weighted by Gasteiger charge is -2.29. The van der Waals surface area contributed by atoms with Gasteiger partial charge in [-0.3, -0.25) is 13.9 Å². The minimum atomic E-state index is -4.77. The summed E-state index contributed by atoms with van der Waals surface area (Å²) in [4.78, 5) is 36.0. The lowest BCUT2D eigenvalue weighted by molar-refractivity contribution is -0.141. The average Bonchev–Trinajstić information content (AvgIpc) is 3.20. The molecule has 0 spiro atoms. The highest BCUT2D eigenvalue weighted by atomic mass is 35.5. The zero-order chi connectivity index (χ0) is 28.6. The molecule has 0 saturated heterocycles. The molecule has 1 aromatic carbocycles. The Morgan fingerprint density at radius 1 is 1.07 bits per heavy atom. The van der Waals surface area contributed by atoms with Crippen LogP contribution in [0.1, 0.15) is 41.7 Å². The summed E-state index contributed by atoms with van der Waals surface area (Å²) < 4.78 is 43.6. The van der Waals surface area contributed by atoms with E-state index in [2.05, 4.69) is 15.3 Å². The largest absolute Gasteiger partial charge is 0.434 e. The number of anilines is 1. The summed E-state index contributed by atoms with van der Waals surface area (Å²) in [5.74, 6) is 0.0514. The van der Waals surface area contributed by atoms with Gasteiger partial charge >= 0.3 is 11.9 Å². The van der Waals surface area contributed by atoms with Gasteiger partial charge < -0.3 is 10.2 Å². The van der Waals surface area contributed by atoms with Crippen molar-refractivity contribution in [2.24, 2.45) is 5.92 Å². The molecule has 0 unspecified atom stereocenters. The molecule has 0 radical (unpaired) electrons. The molecule has 210 valence electrons. The summed E-state index contributed by atoms with van der Waals surface area (Å²) in [6.07, 6.45) is 0.349. The number of carbonyl (C=O) groups is 1. The average molecular weight is 573 g/mol. The van der Waals surface area contributed by atoms with Gasteiger partial charge in [0.25, 0.3) is 5.91 Å². The van der Waals surface area contributed by atoms with Crippen LogP contribution in [0.15, 0.2) is 59.7 Å². The highest BCUT2D eigenvalue weighted by Crippen LogP contribution is 2.32. The number of halogens is 4. The third kappa shape index (κ3) is 5.56.